The fourth-order valence-corrected chi connectivity index (χ4v) is 3.53. The Morgan fingerprint density at radius 3 is 2.44 bits per heavy atom. The molecule has 2 rings (SSSR count). The van der Waals surface area contributed by atoms with E-state index in [4.69, 9.17) is 16.7 Å². The molecule has 0 aliphatic rings. The number of nitrogens with one attached hydrogen (secondary N) is 1. The maximum Gasteiger partial charge on any atom is 0.263 e. The minimum Gasteiger partial charge on any atom is -0.392 e. The Balaban J connectivity index is 2.20. The van der Waals surface area contributed by atoms with Crippen LogP contribution in [0.3, 0.4) is 0 Å². The number of hydrogen-bond acceptors (Lipinski definition) is 5. The van der Waals surface area contributed by atoms with E-state index in [-0.39, 0.29) is 16.4 Å². The van der Waals surface area contributed by atoms with E-state index >= 15 is 0 Å². The lowest BCUT2D eigenvalue weighted by Crippen LogP contribution is -1.93. The van der Waals surface area contributed by atoms with Gasteiger partial charge in [-0.15, -0.1) is 0 Å². The van der Waals surface area contributed by atoms with Gasteiger partial charge in [-0.2, -0.15) is 0 Å². The smallest absolute Gasteiger partial charge is 0.263 e. The van der Waals surface area contributed by atoms with Gasteiger partial charge in [0.2, 0.25) is 0 Å². The van der Waals surface area contributed by atoms with Gasteiger partial charge in [0.25, 0.3) is 4.74 Å². The van der Waals surface area contributed by atoms with Crippen LogP contribution < -0.4 is 10.1 Å². The Kier molecular flexibility index (Phi) is 3.60. The van der Waals surface area contributed by atoms with Crippen molar-refractivity contribution in [1.82, 2.24) is 0 Å². The Bertz CT molecular complexity index is 532. The summed E-state index contributed by atoms with van der Waals surface area (Å²) in [6, 6.07) is 7.28. The topological polar surface area (TPSA) is 49.3 Å². The number of benzene rings is 1. The van der Waals surface area contributed by atoms with Gasteiger partial charge >= 0.3 is 0 Å². The summed E-state index contributed by atoms with van der Waals surface area (Å²) in [7, 11) is 2.43. The van der Waals surface area contributed by atoms with E-state index < -0.39 is 0 Å². The molecule has 1 aromatic heterocycles. The van der Waals surface area contributed by atoms with Gasteiger partial charge in [0.15, 0.2) is 0 Å². The molecular weight excluding hydrogens is 266 g/mol. The molecule has 0 fully saturated rings. The molecule has 0 unspecified atom stereocenters. The van der Waals surface area contributed by atoms with Crippen LogP contribution in [-0.2, 0) is 6.61 Å². The first-order chi connectivity index (χ1) is 7.70. The molecule has 84 valence electrons. The quantitative estimate of drug-likeness (QED) is 0.845. The molecule has 2 N–H and O–H groups in total. The van der Waals surface area contributed by atoms with Gasteiger partial charge in [0, 0.05) is 5.69 Å². The average molecular weight is 274 g/mol. The molecular formula is C10H8ClNO2S2. The van der Waals surface area contributed by atoms with Gasteiger partial charge in [-0.1, -0.05) is 34.1 Å². The summed E-state index contributed by atoms with van der Waals surface area (Å²) in [5.74, 6) is 0. The first-order valence-electron chi connectivity index (χ1n) is 4.46. The number of rotatable bonds is 3. The van der Waals surface area contributed by atoms with Gasteiger partial charge in [0.1, 0.15) is 10.0 Å². The summed E-state index contributed by atoms with van der Waals surface area (Å²) in [5.41, 5.74) is 1.68. The third-order valence-corrected chi connectivity index (χ3v) is 4.67. The lowest BCUT2D eigenvalue weighted by atomic mass is 10.2. The van der Waals surface area contributed by atoms with Crippen molar-refractivity contribution < 1.29 is 5.11 Å². The average Bonchev–Trinajstić information content (AvgIpc) is 2.62. The van der Waals surface area contributed by atoms with Crippen molar-refractivity contribution in [2.75, 3.05) is 5.32 Å². The number of aliphatic hydroxyl groups excluding tert-OH is 1. The SMILES string of the molecule is O=c1ssc(Nc2ccc(CO)cc2)c1Cl. The summed E-state index contributed by atoms with van der Waals surface area (Å²) in [6.45, 7) is 0.0207. The predicted molar refractivity (Wildman–Crippen MR) is 69.1 cm³/mol. The van der Waals surface area contributed by atoms with Gasteiger partial charge in [-0.3, -0.25) is 4.79 Å². The van der Waals surface area contributed by atoms with E-state index in [0.29, 0.717) is 5.00 Å². The maximum absolute atomic E-state index is 11.2. The van der Waals surface area contributed by atoms with E-state index in [0.717, 1.165) is 21.6 Å². The lowest BCUT2D eigenvalue weighted by molar-refractivity contribution is 0.282. The van der Waals surface area contributed by atoms with Gasteiger partial charge < -0.3 is 10.4 Å². The second-order valence-corrected chi connectivity index (χ2v) is 5.57. The number of halogens is 1. The minimum absolute atomic E-state index is 0.0207. The zero-order chi connectivity index (χ0) is 11.5. The van der Waals surface area contributed by atoms with Crippen LogP contribution in [0, 0.1) is 0 Å². The van der Waals surface area contributed by atoms with Crippen molar-refractivity contribution in [3.8, 4) is 0 Å². The Morgan fingerprint density at radius 1 is 1.25 bits per heavy atom. The van der Waals surface area contributed by atoms with Crippen molar-refractivity contribution in [2.24, 2.45) is 0 Å². The monoisotopic (exact) mass is 273 g/mol. The normalized spacial score (nSPS) is 10.4. The lowest BCUT2D eigenvalue weighted by Gasteiger charge is -2.04. The number of anilines is 2. The molecule has 0 radical (unpaired) electrons. The Labute approximate surface area is 104 Å². The van der Waals surface area contributed by atoms with Crippen molar-refractivity contribution >= 4 is 43.0 Å². The van der Waals surface area contributed by atoms with Crippen LogP contribution in [-0.4, -0.2) is 5.11 Å². The molecule has 0 spiro atoms. The van der Waals surface area contributed by atoms with E-state index in [2.05, 4.69) is 5.32 Å². The van der Waals surface area contributed by atoms with Crippen molar-refractivity contribution in [1.29, 1.82) is 0 Å². The summed E-state index contributed by atoms with van der Waals surface area (Å²) in [5, 5.41) is 12.8. The number of aliphatic hydroxyl groups is 1. The Hall–Kier alpha value is -0.880. The highest BCUT2D eigenvalue weighted by atomic mass is 35.5. The van der Waals surface area contributed by atoms with Gasteiger partial charge in [-0.05, 0) is 28.0 Å². The van der Waals surface area contributed by atoms with Crippen LogP contribution in [0.5, 0.6) is 0 Å². The fraction of sp³-hybridized carbons (Fsp3) is 0.100. The molecule has 0 bridgehead atoms. The van der Waals surface area contributed by atoms with E-state index in [9.17, 15) is 4.79 Å². The van der Waals surface area contributed by atoms with Crippen LogP contribution in [0.1, 0.15) is 5.56 Å². The number of hydrogen-bond donors (Lipinski definition) is 2. The molecule has 0 aliphatic carbocycles. The van der Waals surface area contributed by atoms with Gasteiger partial charge in [-0.25, -0.2) is 0 Å². The molecule has 0 saturated heterocycles. The molecule has 3 nitrogen and oxygen atoms in total. The van der Waals surface area contributed by atoms with Crippen molar-refractivity contribution in [2.45, 2.75) is 6.61 Å². The third kappa shape index (κ3) is 2.44. The minimum atomic E-state index is -0.124. The molecule has 1 aromatic carbocycles. The zero-order valence-corrected chi connectivity index (χ0v) is 10.5. The second-order valence-electron chi connectivity index (χ2n) is 3.08. The van der Waals surface area contributed by atoms with Crippen molar-refractivity contribution in [3.05, 3.63) is 44.4 Å². The van der Waals surface area contributed by atoms with Gasteiger partial charge in [0.05, 0.1) is 6.61 Å². The second kappa shape index (κ2) is 4.97. The standard InChI is InChI=1S/C10H8ClNO2S2/c11-8-9(15-16-10(8)14)12-7-3-1-6(5-13)2-4-7/h1-4,12-13H,5H2. The van der Waals surface area contributed by atoms with Crippen LogP contribution in [0.2, 0.25) is 5.02 Å². The van der Waals surface area contributed by atoms with E-state index in [1.54, 1.807) is 0 Å². The van der Waals surface area contributed by atoms with E-state index in [1.807, 2.05) is 24.3 Å². The van der Waals surface area contributed by atoms with Crippen LogP contribution in [0.15, 0.2) is 29.1 Å². The highest BCUT2D eigenvalue weighted by molar-refractivity contribution is 7.70. The summed E-state index contributed by atoms with van der Waals surface area (Å²) in [6.07, 6.45) is 0. The van der Waals surface area contributed by atoms with Crippen LogP contribution in [0.25, 0.3) is 0 Å². The summed E-state index contributed by atoms with van der Waals surface area (Å²) < 4.78 is -0.124. The highest BCUT2D eigenvalue weighted by Gasteiger charge is 2.07. The molecule has 1 heterocycles. The van der Waals surface area contributed by atoms with Crippen molar-refractivity contribution in [3.63, 3.8) is 0 Å². The first-order valence-corrected chi connectivity index (χ1v) is 6.99. The molecule has 6 heteroatoms. The molecule has 0 aliphatic heterocycles. The van der Waals surface area contributed by atoms with E-state index in [1.165, 1.54) is 10.3 Å². The zero-order valence-electron chi connectivity index (χ0n) is 8.07. The summed E-state index contributed by atoms with van der Waals surface area (Å²) in [4.78, 5) is 11.2. The predicted octanol–water partition coefficient (Wildman–Crippen LogP) is 3.06. The first kappa shape index (κ1) is 11.6. The molecule has 0 saturated carbocycles. The largest absolute Gasteiger partial charge is 0.392 e. The van der Waals surface area contributed by atoms with Crippen LogP contribution in [0.4, 0.5) is 10.7 Å². The molecule has 0 amide bonds. The summed E-state index contributed by atoms with van der Waals surface area (Å²) >= 11 is 5.82. The third-order valence-electron chi connectivity index (χ3n) is 1.97. The fourth-order valence-electron chi connectivity index (χ4n) is 1.15. The molecule has 16 heavy (non-hydrogen) atoms. The maximum atomic E-state index is 11.2. The molecule has 0 atom stereocenters. The molecule has 2 aromatic rings. The van der Waals surface area contributed by atoms with Crippen LogP contribution >= 0.6 is 32.3 Å². The highest BCUT2D eigenvalue weighted by Crippen LogP contribution is 2.30. The Morgan fingerprint density at radius 2 is 1.94 bits per heavy atom.